The maximum atomic E-state index is 11.9. The van der Waals surface area contributed by atoms with Crippen LogP contribution in [0.4, 0.5) is 0 Å². The minimum Gasteiger partial charge on any atom is -0.469 e. The van der Waals surface area contributed by atoms with Crippen LogP contribution in [-0.2, 0) is 16.0 Å². The van der Waals surface area contributed by atoms with E-state index in [0.29, 0.717) is 13.1 Å². The second-order valence-corrected chi connectivity index (χ2v) is 6.86. The van der Waals surface area contributed by atoms with E-state index in [9.17, 15) is 4.79 Å². The smallest absolute Gasteiger partial charge is 0.310 e. The van der Waals surface area contributed by atoms with Crippen LogP contribution in [0.5, 0.6) is 0 Å². The van der Waals surface area contributed by atoms with E-state index in [4.69, 9.17) is 9.73 Å². The molecule has 0 amide bonds. The number of hydrogen-bond donors (Lipinski definition) is 2. The van der Waals surface area contributed by atoms with Gasteiger partial charge in [0.1, 0.15) is 0 Å². The second-order valence-electron chi connectivity index (χ2n) is 6.86. The van der Waals surface area contributed by atoms with Crippen LogP contribution in [0.2, 0.25) is 0 Å². The van der Waals surface area contributed by atoms with Crippen molar-refractivity contribution in [1.29, 1.82) is 0 Å². The summed E-state index contributed by atoms with van der Waals surface area (Å²) in [5.74, 6) is 0.928. The van der Waals surface area contributed by atoms with Gasteiger partial charge in [0.2, 0.25) is 0 Å². The molecule has 0 saturated carbocycles. The Kier molecular flexibility index (Phi) is 7.94. The maximum Gasteiger partial charge on any atom is 0.310 e. The minimum absolute atomic E-state index is 0. The molecule has 6 nitrogen and oxygen atoms in total. The number of esters is 1. The van der Waals surface area contributed by atoms with E-state index < -0.39 is 0 Å². The van der Waals surface area contributed by atoms with Crippen molar-refractivity contribution in [2.24, 2.45) is 16.8 Å². The number of aliphatic imine (C=N–C) groups is 1. The molecule has 1 aromatic heterocycles. The first-order chi connectivity index (χ1) is 12.6. The van der Waals surface area contributed by atoms with Gasteiger partial charge in [-0.05, 0) is 30.9 Å². The topological polar surface area (TPSA) is 69.7 Å². The van der Waals surface area contributed by atoms with Gasteiger partial charge >= 0.3 is 5.97 Å². The van der Waals surface area contributed by atoms with Crippen LogP contribution in [-0.4, -0.2) is 55.1 Å². The standard InChI is InChI=1S/C20H28N4O2.HI/c1-4-21-20(24-12-14(2)17(13-24)19(25)26-3)22-10-9-15-11-23-18-8-6-5-7-16(15)18;/h5-8,11,14,17,23H,4,9-10,12-13H2,1-3H3,(H,21,22);1H. The molecule has 27 heavy (non-hydrogen) atoms. The van der Waals surface area contributed by atoms with E-state index in [2.05, 4.69) is 53.4 Å². The van der Waals surface area contributed by atoms with Gasteiger partial charge in [-0.1, -0.05) is 25.1 Å². The van der Waals surface area contributed by atoms with Gasteiger partial charge in [0.25, 0.3) is 0 Å². The van der Waals surface area contributed by atoms with Gasteiger partial charge in [0, 0.05) is 43.3 Å². The molecular formula is C20H29IN4O2. The highest BCUT2D eigenvalue weighted by atomic mass is 127. The van der Waals surface area contributed by atoms with Crippen molar-refractivity contribution in [2.75, 3.05) is 33.3 Å². The lowest BCUT2D eigenvalue weighted by molar-refractivity contribution is -0.145. The highest BCUT2D eigenvalue weighted by molar-refractivity contribution is 14.0. The largest absolute Gasteiger partial charge is 0.469 e. The number of carbonyl (C=O) groups is 1. The van der Waals surface area contributed by atoms with Crippen molar-refractivity contribution in [1.82, 2.24) is 15.2 Å². The lowest BCUT2D eigenvalue weighted by Gasteiger charge is -2.21. The molecule has 1 aliphatic rings. The average Bonchev–Trinajstić information content (AvgIpc) is 3.24. The molecule has 2 heterocycles. The summed E-state index contributed by atoms with van der Waals surface area (Å²) in [5, 5.41) is 4.61. The third-order valence-corrected chi connectivity index (χ3v) is 5.07. The molecule has 0 radical (unpaired) electrons. The van der Waals surface area contributed by atoms with E-state index in [1.165, 1.54) is 18.1 Å². The Bertz CT molecular complexity index is 789. The van der Waals surface area contributed by atoms with Crippen LogP contribution >= 0.6 is 24.0 Å². The quantitative estimate of drug-likeness (QED) is 0.296. The number of aromatic nitrogens is 1. The zero-order chi connectivity index (χ0) is 18.5. The number of hydrogen-bond acceptors (Lipinski definition) is 3. The summed E-state index contributed by atoms with van der Waals surface area (Å²) in [4.78, 5) is 22.2. The zero-order valence-corrected chi connectivity index (χ0v) is 18.5. The van der Waals surface area contributed by atoms with Crippen molar-refractivity contribution in [3.8, 4) is 0 Å². The van der Waals surface area contributed by atoms with Gasteiger partial charge in [-0.25, -0.2) is 0 Å². The summed E-state index contributed by atoms with van der Waals surface area (Å²) < 4.78 is 4.93. The normalized spacial score (nSPS) is 19.8. The number of carbonyl (C=O) groups excluding carboxylic acids is 1. The summed E-state index contributed by atoms with van der Waals surface area (Å²) in [6.07, 6.45) is 2.95. The van der Waals surface area contributed by atoms with Crippen molar-refractivity contribution in [3.05, 3.63) is 36.0 Å². The highest BCUT2D eigenvalue weighted by Crippen LogP contribution is 2.24. The number of halogens is 1. The van der Waals surface area contributed by atoms with Gasteiger partial charge in [-0.15, -0.1) is 24.0 Å². The van der Waals surface area contributed by atoms with Gasteiger partial charge < -0.3 is 19.9 Å². The molecule has 0 spiro atoms. The maximum absolute atomic E-state index is 11.9. The SMILES string of the molecule is CCNC(=NCCc1c[nH]c2ccccc12)N1CC(C)C(C(=O)OC)C1.I. The molecule has 1 aromatic carbocycles. The molecule has 2 atom stereocenters. The molecule has 1 saturated heterocycles. The number of H-pyrrole nitrogens is 1. The van der Waals surface area contributed by atoms with Gasteiger partial charge in [0.05, 0.1) is 13.0 Å². The second kappa shape index (κ2) is 9.96. The van der Waals surface area contributed by atoms with Crippen molar-refractivity contribution in [3.63, 3.8) is 0 Å². The monoisotopic (exact) mass is 484 g/mol. The van der Waals surface area contributed by atoms with E-state index >= 15 is 0 Å². The lowest BCUT2D eigenvalue weighted by atomic mass is 9.99. The summed E-state index contributed by atoms with van der Waals surface area (Å²) >= 11 is 0. The molecule has 2 aromatic rings. The number of guanidine groups is 1. The number of aromatic amines is 1. The summed E-state index contributed by atoms with van der Waals surface area (Å²) in [7, 11) is 1.46. The number of likely N-dealkylation sites (tertiary alicyclic amines) is 1. The predicted molar refractivity (Wildman–Crippen MR) is 120 cm³/mol. The molecule has 148 valence electrons. The molecule has 2 unspecified atom stereocenters. The van der Waals surface area contributed by atoms with Crippen molar-refractivity contribution < 1.29 is 9.53 Å². The molecule has 1 fully saturated rings. The number of rotatable bonds is 5. The Hall–Kier alpha value is -1.77. The molecule has 2 N–H and O–H groups in total. The van der Waals surface area contributed by atoms with Gasteiger partial charge in [-0.2, -0.15) is 0 Å². The van der Waals surface area contributed by atoms with Gasteiger partial charge in [0.15, 0.2) is 5.96 Å². The van der Waals surface area contributed by atoms with Crippen molar-refractivity contribution >= 4 is 46.8 Å². The zero-order valence-electron chi connectivity index (χ0n) is 16.2. The first-order valence-corrected chi connectivity index (χ1v) is 9.30. The predicted octanol–water partition coefficient (Wildman–Crippen LogP) is 3.03. The lowest BCUT2D eigenvalue weighted by Crippen LogP contribution is -2.40. The Morgan fingerprint density at radius 1 is 1.37 bits per heavy atom. The fraction of sp³-hybridized carbons (Fsp3) is 0.500. The van der Waals surface area contributed by atoms with Crippen LogP contribution < -0.4 is 5.32 Å². The summed E-state index contributed by atoms with van der Waals surface area (Å²) in [6.45, 7) is 7.15. The first kappa shape index (κ1) is 21.5. The summed E-state index contributed by atoms with van der Waals surface area (Å²) in [6, 6.07) is 8.33. The molecule has 3 rings (SSSR count). The third-order valence-electron chi connectivity index (χ3n) is 5.07. The van der Waals surface area contributed by atoms with Crippen LogP contribution in [0.15, 0.2) is 35.5 Å². The number of methoxy groups -OCH3 is 1. The van der Waals surface area contributed by atoms with Crippen LogP contribution in [0.1, 0.15) is 19.4 Å². The fourth-order valence-electron chi connectivity index (χ4n) is 3.64. The Morgan fingerprint density at radius 2 is 2.15 bits per heavy atom. The molecule has 1 aliphatic heterocycles. The Morgan fingerprint density at radius 3 is 2.89 bits per heavy atom. The third kappa shape index (κ3) is 4.94. The van der Waals surface area contributed by atoms with E-state index in [-0.39, 0.29) is 41.8 Å². The number of ether oxygens (including phenoxy) is 1. The fourth-order valence-corrected chi connectivity index (χ4v) is 3.64. The summed E-state index contributed by atoms with van der Waals surface area (Å²) in [5.41, 5.74) is 2.44. The highest BCUT2D eigenvalue weighted by Gasteiger charge is 2.36. The van der Waals surface area contributed by atoms with Crippen molar-refractivity contribution in [2.45, 2.75) is 20.3 Å². The van der Waals surface area contributed by atoms with Gasteiger partial charge in [-0.3, -0.25) is 9.79 Å². The van der Waals surface area contributed by atoms with Crippen LogP contribution in [0.3, 0.4) is 0 Å². The van der Waals surface area contributed by atoms with Crippen LogP contribution in [0.25, 0.3) is 10.9 Å². The number of fused-ring (bicyclic) bond motifs is 1. The molecule has 0 bridgehead atoms. The number of benzene rings is 1. The minimum atomic E-state index is -0.130. The van der Waals surface area contributed by atoms with Crippen LogP contribution in [0, 0.1) is 11.8 Å². The number of para-hydroxylation sites is 1. The number of nitrogens with zero attached hydrogens (tertiary/aromatic N) is 2. The first-order valence-electron chi connectivity index (χ1n) is 9.30. The Labute approximate surface area is 177 Å². The van der Waals surface area contributed by atoms with E-state index in [1.807, 2.05) is 6.07 Å². The van der Waals surface area contributed by atoms with E-state index in [1.54, 1.807) is 0 Å². The molecular weight excluding hydrogens is 455 g/mol. The van der Waals surface area contributed by atoms with E-state index in [0.717, 1.165) is 31.0 Å². The average molecular weight is 484 g/mol. The number of nitrogens with one attached hydrogen (secondary N) is 2. The molecule has 0 aliphatic carbocycles. The molecule has 7 heteroatoms. The Balaban J connectivity index is 0.00000261.